The average Bonchev–Trinajstić information content (AvgIpc) is 2.44. The first-order valence-corrected chi connectivity index (χ1v) is 9.02. The van der Waals surface area contributed by atoms with E-state index in [4.69, 9.17) is 11.6 Å². The van der Waals surface area contributed by atoms with Gasteiger partial charge in [0.15, 0.2) is 0 Å². The minimum atomic E-state index is -3.61. The van der Waals surface area contributed by atoms with Crippen LogP contribution in [0.3, 0.4) is 0 Å². The highest BCUT2D eigenvalue weighted by atomic mass is 79.9. The third kappa shape index (κ3) is 3.25. The van der Waals surface area contributed by atoms with E-state index in [1.54, 1.807) is 49.4 Å². The Balaban J connectivity index is 2.54. The zero-order valence-corrected chi connectivity index (χ0v) is 14.8. The van der Waals surface area contributed by atoms with Crippen LogP contribution < -0.4 is 4.31 Å². The Morgan fingerprint density at radius 2 is 1.76 bits per heavy atom. The van der Waals surface area contributed by atoms with Gasteiger partial charge in [-0.25, -0.2) is 8.42 Å². The third-order valence-corrected chi connectivity index (χ3v) is 6.04. The standard InChI is InChI=1S/C15H15BrClNO2S/c1-3-18(15-6-4-5-14(17)11(15)2)21(19,20)13-9-7-12(16)8-10-13/h4-10H,3H2,1-2H3. The lowest BCUT2D eigenvalue weighted by molar-refractivity contribution is 0.591. The van der Waals surface area contributed by atoms with Crippen LogP contribution in [0.5, 0.6) is 0 Å². The molecule has 0 unspecified atom stereocenters. The second-order valence-electron chi connectivity index (χ2n) is 4.51. The molecule has 0 saturated carbocycles. The molecule has 0 spiro atoms. The van der Waals surface area contributed by atoms with Crippen molar-refractivity contribution >= 4 is 43.2 Å². The van der Waals surface area contributed by atoms with Gasteiger partial charge in [0.2, 0.25) is 0 Å². The van der Waals surface area contributed by atoms with Crippen molar-refractivity contribution in [3.8, 4) is 0 Å². The first kappa shape index (κ1) is 16.3. The molecule has 2 aromatic rings. The van der Waals surface area contributed by atoms with Crippen LogP contribution in [0.1, 0.15) is 12.5 Å². The Bertz CT molecular complexity index is 745. The predicted molar refractivity (Wildman–Crippen MR) is 90.5 cm³/mol. The number of hydrogen-bond acceptors (Lipinski definition) is 2. The summed E-state index contributed by atoms with van der Waals surface area (Å²) >= 11 is 9.41. The molecule has 112 valence electrons. The van der Waals surface area contributed by atoms with E-state index in [2.05, 4.69) is 15.9 Å². The summed E-state index contributed by atoms with van der Waals surface area (Å²) in [7, 11) is -3.61. The summed E-state index contributed by atoms with van der Waals surface area (Å²) in [6, 6.07) is 11.9. The van der Waals surface area contributed by atoms with Crippen LogP contribution in [0.4, 0.5) is 5.69 Å². The summed E-state index contributed by atoms with van der Waals surface area (Å²) in [6.07, 6.45) is 0. The van der Waals surface area contributed by atoms with Gasteiger partial charge in [0.05, 0.1) is 10.6 Å². The number of hydrogen-bond donors (Lipinski definition) is 0. The van der Waals surface area contributed by atoms with Crippen molar-refractivity contribution in [2.45, 2.75) is 18.7 Å². The van der Waals surface area contributed by atoms with E-state index in [1.165, 1.54) is 4.31 Å². The monoisotopic (exact) mass is 387 g/mol. The molecular weight excluding hydrogens is 374 g/mol. The third-order valence-electron chi connectivity index (χ3n) is 3.20. The second kappa shape index (κ2) is 6.38. The number of sulfonamides is 1. The van der Waals surface area contributed by atoms with E-state index in [0.29, 0.717) is 17.3 Å². The minimum Gasteiger partial charge on any atom is -0.266 e. The van der Waals surface area contributed by atoms with Crippen molar-refractivity contribution in [2.75, 3.05) is 10.8 Å². The number of nitrogens with zero attached hydrogens (tertiary/aromatic N) is 1. The van der Waals surface area contributed by atoms with Crippen molar-refractivity contribution < 1.29 is 8.42 Å². The normalized spacial score (nSPS) is 11.4. The van der Waals surface area contributed by atoms with Gasteiger partial charge in [-0.1, -0.05) is 33.6 Å². The lowest BCUT2D eigenvalue weighted by Crippen LogP contribution is -2.31. The Labute approximate surface area is 138 Å². The average molecular weight is 389 g/mol. The SMILES string of the molecule is CCN(c1cccc(Cl)c1C)S(=O)(=O)c1ccc(Br)cc1. The molecule has 0 bridgehead atoms. The maximum Gasteiger partial charge on any atom is 0.264 e. The molecule has 2 rings (SSSR count). The van der Waals surface area contributed by atoms with Crippen LogP contribution in [0, 0.1) is 6.92 Å². The van der Waals surface area contributed by atoms with Gasteiger partial charge in [-0.2, -0.15) is 0 Å². The highest BCUT2D eigenvalue weighted by Gasteiger charge is 2.25. The molecule has 0 heterocycles. The van der Waals surface area contributed by atoms with E-state index in [9.17, 15) is 8.42 Å². The topological polar surface area (TPSA) is 37.4 Å². The van der Waals surface area contributed by atoms with Gasteiger partial charge < -0.3 is 0 Å². The molecular formula is C15H15BrClNO2S. The largest absolute Gasteiger partial charge is 0.266 e. The van der Waals surface area contributed by atoms with Crippen LogP contribution >= 0.6 is 27.5 Å². The fraction of sp³-hybridized carbons (Fsp3) is 0.200. The van der Waals surface area contributed by atoms with Crippen LogP contribution in [-0.4, -0.2) is 15.0 Å². The van der Waals surface area contributed by atoms with Crippen molar-refractivity contribution in [1.82, 2.24) is 0 Å². The van der Waals surface area contributed by atoms with Crippen molar-refractivity contribution in [1.29, 1.82) is 0 Å². The Morgan fingerprint density at radius 1 is 1.14 bits per heavy atom. The fourth-order valence-electron chi connectivity index (χ4n) is 2.07. The lowest BCUT2D eigenvalue weighted by atomic mass is 10.2. The predicted octanol–water partition coefficient (Wildman–Crippen LogP) is 4.63. The molecule has 0 aromatic heterocycles. The van der Waals surface area contributed by atoms with E-state index in [1.807, 2.05) is 6.92 Å². The van der Waals surface area contributed by atoms with Crippen molar-refractivity contribution in [2.24, 2.45) is 0 Å². The zero-order valence-electron chi connectivity index (χ0n) is 11.7. The summed E-state index contributed by atoms with van der Waals surface area (Å²) in [5.74, 6) is 0. The molecule has 0 fully saturated rings. The van der Waals surface area contributed by atoms with Gasteiger partial charge in [-0.3, -0.25) is 4.31 Å². The Hall–Kier alpha value is -1.04. The van der Waals surface area contributed by atoms with E-state index < -0.39 is 10.0 Å². The Morgan fingerprint density at radius 3 is 2.33 bits per heavy atom. The minimum absolute atomic E-state index is 0.256. The van der Waals surface area contributed by atoms with E-state index in [0.717, 1.165) is 10.0 Å². The molecule has 2 aromatic carbocycles. The fourth-order valence-corrected chi connectivity index (χ4v) is 4.03. The second-order valence-corrected chi connectivity index (χ2v) is 7.69. The molecule has 0 aliphatic heterocycles. The maximum atomic E-state index is 12.8. The van der Waals surface area contributed by atoms with Crippen LogP contribution in [-0.2, 0) is 10.0 Å². The molecule has 0 N–H and O–H groups in total. The number of benzene rings is 2. The molecule has 3 nitrogen and oxygen atoms in total. The summed E-state index contributed by atoms with van der Waals surface area (Å²) in [4.78, 5) is 0.256. The molecule has 21 heavy (non-hydrogen) atoms. The van der Waals surface area contributed by atoms with Crippen LogP contribution in [0.25, 0.3) is 0 Å². The van der Waals surface area contributed by atoms with Gasteiger partial charge in [0, 0.05) is 16.0 Å². The van der Waals surface area contributed by atoms with Crippen molar-refractivity contribution in [3.05, 3.63) is 57.5 Å². The van der Waals surface area contributed by atoms with E-state index >= 15 is 0 Å². The molecule has 0 aliphatic rings. The summed E-state index contributed by atoms with van der Waals surface area (Å²) in [6.45, 7) is 3.95. The van der Waals surface area contributed by atoms with E-state index in [-0.39, 0.29) is 4.90 Å². The molecule has 0 saturated heterocycles. The van der Waals surface area contributed by atoms with Gasteiger partial charge in [0.1, 0.15) is 0 Å². The first-order chi connectivity index (χ1) is 9.87. The highest BCUT2D eigenvalue weighted by molar-refractivity contribution is 9.10. The maximum absolute atomic E-state index is 12.8. The number of halogens is 2. The van der Waals surface area contributed by atoms with Gasteiger partial charge in [-0.15, -0.1) is 0 Å². The van der Waals surface area contributed by atoms with Crippen LogP contribution in [0.2, 0.25) is 5.02 Å². The Kier molecular flexibility index (Phi) is 4.96. The summed E-state index contributed by atoms with van der Waals surface area (Å²) < 4.78 is 27.8. The molecule has 0 radical (unpaired) electrons. The lowest BCUT2D eigenvalue weighted by Gasteiger charge is -2.25. The number of rotatable bonds is 4. The molecule has 0 aliphatic carbocycles. The highest BCUT2D eigenvalue weighted by Crippen LogP contribution is 2.30. The molecule has 6 heteroatoms. The summed E-state index contributed by atoms with van der Waals surface area (Å²) in [5.41, 5.74) is 1.36. The van der Waals surface area contributed by atoms with Gasteiger partial charge in [-0.05, 0) is 55.8 Å². The smallest absolute Gasteiger partial charge is 0.264 e. The van der Waals surface area contributed by atoms with Gasteiger partial charge in [0.25, 0.3) is 10.0 Å². The molecule has 0 amide bonds. The zero-order chi connectivity index (χ0) is 15.6. The first-order valence-electron chi connectivity index (χ1n) is 6.41. The molecule has 0 atom stereocenters. The van der Waals surface area contributed by atoms with Crippen LogP contribution in [0.15, 0.2) is 51.8 Å². The van der Waals surface area contributed by atoms with Crippen molar-refractivity contribution in [3.63, 3.8) is 0 Å². The van der Waals surface area contributed by atoms with Gasteiger partial charge >= 0.3 is 0 Å². The number of anilines is 1. The quantitative estimate of drug-likeness (QED) is 0.766. The summed E-state index contributed by atoms with van der Waals surface area (Å²) in [5, 5.41) is 0.553.